The SMILES string of the molecule is COCc1cccc(-n2c(=S)[nH]c3ccc(OC)nc32)c1. The molecule has 2 heterocycles. The summed E-state index contributed by atoms with van der Waals surface area (Å²) in [5, 5.41) is 0. The van der Waals surface area contributed by atoms with Crippen molar-refractivity contribution >= 4 is 23.4 Å². The molecule has 6 heteroatoms. The number of nitrogens with zero attached hydrogens (tertiary/aromatic N) is 2. The highest BCUT2D eigenvalue weighted by atomic mass is 32.1. The summed E-state index contributed by atoms with van der Waals surface area (Å²) in [5.41, 5.74) is 3.64. The Labute approximate surface area is 127 Å². The lowest BCUT2D eigenvalue weighted by Gasteiger charge is -2.07. The summed E-state index contributed by atoms with van der Waals surface area (Å²) in [6.07, 6.45) is 0. The number of benzene rings is 1. The van der Waals surface area contributed by atoms with Gasteiger partial charge < -0.3 is 14.5 Å². The number of methoxy groups -OCH3 is 2. The summed E-state index contributed by atoms with van der Waals surface area (Å²) in [5.74, 6) is 0.554. The van der Waals surface area contributed by atoms with Crippen LogP contribution in [-0.2, 0) is 11.3 Å². The highest BCUT2D eigenvalue weighted by molar-refractivity contribution is 7.71. The van der Waals surface area contributed by atoms with Gasteiger partial charge in [-0.3, -0.25) is 4.57 Å². The molecule has 2 aromatic heterocycles. The topological polar surface area (TPSA) is 52.1 Å². The average molecular weight is 301 g/mol. The molecule has 5 nitrogen and oxygen atoms in total. The zero-order valence-corrected chi connectivity index (χ0v) is 12.6. The molecule has 0 unspecified atom stereocenters. The van der Waals surface area contributed by atoms with Crippen LogP contribution in [0.5, 0.6) is 5.88 Å². The van der Waals surface area contributed by atoms with Crippen molar-refractivity contribution in [3.8, 4) is 11.6 Å². The number of ether oxygens (including phenoxy) is 2. The number of rotatable bonds is 4. The monoisotopic (exact) mass is 301 g/mol. The number of fused-ring (bicyclic) bond motifs is 1. The van der Waals surface area contributed by atoms with Gasteiger partial charge in [0.2, 0.25) is 5.88 Å². The maximum absolute atomic E-state index is 5.42. The molecule has 0 aliphatic carbocycles. The smallest absolute Gasteiger partial charge is 0.215 e. The molecule has 0 saturated carbocycles. The molecular formula is C15H15N3O2S. The minimum absolute atomic E-state index is 0.554. The van der Waals surface area contributed by atoms with Crippen molar-refractivity contribution < 1.29 is 9.47 Å². The zero-order valence-electron chi connectivity index (χ0n) is 11.8. The minimum Gasteiger partial charge on any atom is -0.481 e. The fourth-order valence-electron chi connectivity index (χ4n) is 2.27. The van der Waals surface area contributed by atoms with Gasteiger partial charge in [-0.1, -0.05) is 12.1 Å². The third-order valence-corrected chi connectivity index (χ3v) is 3.48. The van der Waals surface area contributed by atoms with Crippen LogP contribution in [0.15, 0.2) is 36.4 Å². The molecule has 0 radical (unpaired) electrons. The number of nitrogens with one attached hydrogen (secondary N) is 1. The molecule has 0 bridgehead atoms. The summed E-state index contributed by atoms with van der Waals surface area (Å²) < 4.78 is 12.9. The number of aromatic nitrogens is 3. The Hall–Kier alpha value is -2.18. The molecule has 0 aliphatic heterocycles. The molecule has 1 aromatic carbocycles. The van der Waals surface area contributed by atoms with Crippen molar-refractivity contribution in [2.24, 2.45) is 0 Å². The van der Waals surface area contributed by atoms with E-state index in [1.807, 2.05) is 34.9 Å². The van der Waals surface area contributed by atoms with Crippen LogP contribution in [0.1, 0.15) is 5.56 Å². The number of hydrogen-bond donors (Lipinski definition) is 1. The highest BCUT2D eigenvalue weighted by Crippen LogP contribution is 2.21. The minimum atomic E-state index is 0.554. The third kappa shape index (κ3) is 2.55. The maximum atomic E-state index is 5.42. The second-order valence-electron chi connectivity index (χ2n) is 4.59. The number of hydrogen-bond acceptors (Lipinski definition) is 4. The van der Waals surface area contributed by atoms with Crippen LogP contribution in [0.3, 0.4) is 0 Å². The van der Waals surface area contributed by atoms with Crippen LogP contribution >= 0.6 is 12.2 Å². The van der Waals surface area contributed by atoms with E-state index in [-0.39, 0.29) is 0 Å². The van der Waals surface area contributed by atoms with Crippen molar-refractivity contribution in [1.29, 1.82) is 0 Å². The first kappa shape index (κ1) is 13.8. The van der Waals surface area contributed by atoms with E-state index in [1.165, 1.54) is 0 Å². The van der Waals surface area contributed by atoms with Crippen LogP contribution < -0.4 is 4.74 Å². The van der Waals surface area contributed by atoms with Gasteiger partial charge >= 0.3 is 0 Å². The van der Waals surface area contributed by atoms with Gasteiger partial charge in [-0.25, -0.2) is 0 Å². The van der Waals surface area contributed by atoms with E-state index in [9.17, 15) is 0 Å². The molecule has 0 amide bonds. The fourth-order valence-corrected chi connectivity index (χ4v) is 2.57. The Kier molecular flexibility index (Phi) is 3.72. The van der Waals surface area contributed by atoms with Crippen LogP contribution in [0.2, 0.25) is 0 Å². The summed E-state index contributed by atoms with van der Waals surface area (Å²) in [6, 6.07) is 11.7. The van der Waals surface area contributed by atoms with Crippen molar-refractivity contribution in [2.45, 2.75) is 6.61 Å². The molecule has 0 saturated heterocycles. The molecule has 0 atom stereocenters. The van der Waals surface area contributed by atoms with E-state index >= 15 is 0 Å². The number of H-pyrrole nitrogens is 1. The van der Waals surface area contributed by atoms with Gasteiger partial charge in [0, 0.05) is 13.2 Å². The Balaban J connectivity index is 2.21. The molecular weight excluding hydrogens is 286 g/mol. The van der Waals surface area contributed by atoms with E-state index in [2.05, 4.69) is 9.97 Å². The predicted molar refractivity (Wildman–Crippen MR) is 83.5 cm³/mol. The predicted octanol–water partition coefficient (Wildman–Crippen LogP) is 3.24. The molecule has 0 fully saturated rings. The molecule has 3 rings (SSSR count). The molecule has 108 valence electrons. The molecule has 3 aromatic rings. The van der Waals surface area contributed by atoms with Crippen molar-refractivity contribution in [3.63, 3.8) is 0 Å². The van der Waals surface area contributed by atoms with Gasteiger partial charge in [-0.2, -0.15) is 4.98 Å². The van der Waals surface area contributed by atoms with Gasteiger partial charge in [-0.05, 0) is 36.0 Å². The lowest BCUT2D eigenvalue weighted by atomic mass is 10.2. The van der Waals surface area contributed by atoms with E-state index in [0.29, 0.717) is 17.3 Å². The standard InChI is InChI=1S/C15H15N3O2S/c1-19-9-10-4-3-5-11(8-10)18-14-12(16-15(18)21)6-7-13(17-14)20-2/h3-8H,9H2,1-2H3,(H,16,21). The van der Waals surface area contributed by atoms with Crippen molar-refractivity contribution in [3.05, 3.63) is 46.7 Å². The van der Waals surface area contributed by atoms with E-state index < -0.39 is 0 Å². The quantitative estimate of drug-likeness (QED) is 0.752. The van der Waals surface area contributed by atoms with Crippen LogP contribution in [-0.4, -0.2) is 28.8 Å². The third-order valence-electron chi connectivity index (χ3n) is 3.19. The molecule has 0 spiro atoms. The Morgan fingerprint density at radius 3 is 2.86 bits per heavy atom. The first-order valence-electron chi connectivity index (χ1n) is 6.47. The average Bonchev–Trinajstić information content (AvgIpc) is 2.82. The largest absolute Gasteiger partial charge is 0.481 e. The number of aromatic amines is 1. The maximum Gasteiger partial charge on any atom is 0.215 e. The van der Waals surface area contributed by atoms with Gasteiger partial charge in [0.1, 0.15) is 0 Å². The van der Waals surface area contributed by atoms with Gasteiger partial charge in [-0.15, -0.1) is 0 Å². The summed E-state index contributed by atoms with van der Waals surface area (Å²) in [7, 11) is 3.27. The van der Waals surface area contributed by atoms with E-state index in [0.717, 1.165) is 22.4 Å². The second-order valence-corrected chi connectivity index (χ2v) is 4.98. The Morgan fingerprint density at radius 1 is 1.24 bits per heavy atom. The van der Waals surface area contributed by atoms with Gasteiger partial charge in [0.05, 0.1) is 24.9 Å². The highest BCUT2D eigenvalue weighted by Gasteiger charge is 2.09. The van der Waals surface area contributed by atoms with Gasteiger partial charge in [0.25, 0.3) is 0 Å². The van der Waals surface area contributed by atoms with Crippen LogP contribution in [0.25, 0.3) is 16.9 Å². The number of pyridine rings is 1. The summed E-state index contributed by atoms with van der Waals surface area (Å²) >= 11 is 5.42. The molecule has 0 aliphatic rings. The first-order valence-corrected chi connectivity index (χ1v) is 6.88. The molecule has 1 N–H and O–H groups in total. The number of imidazole rings is 1. The lowest BCUT2D eigenvalue weighted by molar-refractivity contribution is 0.185. The van der Waals surface area contributed by atoms with Crippen molar-refractivity contribution in [1.82, 2.24) is 14.5 Å². The Bertz CT molecular complexity index is 838. The molecule has 21 heavy (non-hydrogen) atoms. The Morgan fingerprint density at radius 2 is 2.10 bits per heavy atom. The normalized spacial score (nSPS) is 11.0. The van der Waals surface area contributed by atoms with Gasteiger partial charge in [0.15, 0.2) is 10.4 Å². The van der Waals surface area contributed by atoms with E-state index in [1.54, 1.807) is 20.3 Å². The van der Waals surface area contributed by atoms with Crippen LogP contribution in [0.4, 0.5) is 0 Å². The first-order chi connectivity index (χ1) is 10.2. The van der Waals surface area contributed by atoms with Crippen molar-refractivity contribution in [2.75, 3.05) is 14.2 Å². The van der Waals surface area contributed by atoms with Crippen LogP contribution in [0, 0.1) is 4.77 Å². The fraction of sp³-hybridized carbons (Fsp3) is 0.200. The zero-order chi connectivity index (χ0) is 14.8. The van der Waals surface area contributed by atoms with E-state index in [4.69, 9.17) is 21.7 Å². The second kappa shape index (κ2) is 5.67. The lowest BCUT2D eigenvalue weighted by Crippen LogP contribution is -1.98. The summed E-state index contributed by atoms with van der Waals surface area (Å²) in [4.78, 5) is 7.63. The summed E-state index contributed by atoms with van der Waals surface area (Å²) in [6.45, 7) is 0.556.